The van der Waals surface area contributed by atoms with Crippen molar-refractivity contribution in [2.24, 2.45) is 0 Å². The van der Waals surface area contributed by atoms with Crippen molar-refractivity contribution >= 4 is 21.5 Å². The van der Waals surface area contributed by atoms with E-state index in [1.807, 2.05) is 0 Å². The molecule has 0 unspecified atom stereocenters. The molecule has 94 valence electrons. The number of methoxy groups -OCH3 is 2. The highest BCUT2D eigenvalue weighted by Crippen LogP contribution is 2.25. The molecule has 0 atom stereocenters. The van der Waals surface area contributed by atoms with Gasteiger partial charge in [0.15, 0.2) is 15.6 Å². The van der Waals surface area contributed by atoms with Crippen LogP contribution in [0.4, 0.5) is 5.69 Å². The smallest absolute Gasteiger partial charge is 0.321 e. The first kappa shape index (κ1) is 13.3. The highest BCUT2D eigenvalue weighted by atomic mass is 32.2. The van der Waals surface area contributed by atoms with Crippen LogP contribution in [0.25, 0.3) is 0 Å². The number of rotatable bonds is 4. The first-order valence-electron chi connectivity index (χ1n) is 4.64. The van der Waals surface area contributed by atoms with E-state index >= 15 is 0 Å². The summed E-state index contributed by atoms with van der Waals surface area (Å²) < 4.78 is 32.8. The number of esters is 1. The number of carbonyl (C=O) groups excluding carboxylic acids is 1. The molecule has 0 heterocycles. The molecule has 0 saturated heterocycles. The third-order valence-electron chi connectivity index (χ3n) is 2.10. The van der Waals surface area contributed by atoms with Gasteiger partial charge in [-0.05, 0) is 12.1 Å². The summed E-state index contributed by atoms with van der Waals surface area (Å²) in [5.41, 5.74) is 5.88. The van der Waals surface area contributed by atoms with Gasteiger partial charge in [0.25, 0.3) is 0 Å². The Kier molecular flexibility index (Phi) is 3.95. The molecule has 0 aromatic heterocycles. The van der Waals surface area contributed by atoms with Crippen LogP contribution in [-0.4, -0.2) is 34.4 Å². The Morgan fingerprint density at radius 3 is 2.53 bits per heavy atom. The number of hydrogen-bond donors (Lipinski definition) is 1. The molecule has 0 radical (unpaired) electrons. The van der Waals surface area contributed by atoms with Crippen molar-refractivity contribution in [3.63, 3.8) is 0 Å². The van der Waals surface area contributed by atoms with Gasteiger partial charge in [-0.25, -0.2) is 8.42 Å². The molecule has 0 aliphatic rings. The molecular weight excluding hydrogens is 246 g/mol. The summed E-state index contributed by atoms with van der Waals surface area (Å²) in [7, 11) is -1.23. The van der Waals surface area contributed by atoms with Crippen LogP contribution < -0.4 is 10.5 Å². The number of nitrogen functional groups attached to an aromatic ring is 1. The fourth-order valence-electron chi connectivity index (χ4n) is 1.18. The Hall–Kier alpha value is -1.76. The summed E-state index contributed by atoms with van der Waals surface area (Å²) in [5.74, 6) is -1.28. The minimum absolute atomic E-state index is 0.0334. The number of anilines is 1. The summed E-state index contributed by atoms with van der Waals surface area (Å²) >= 11 is 0. The molecule has 1 aromatic carbocycles. The van der Waals surface area contributed by atoms with E-state index in [2.05, 4.69) is 4.74 Å². The maximum absolute atomic E-state index is 11.8. The maximum atomic E-state index is 11.8. The van der Waals surface area contributed by atoms with Crippen LogP contribution in [0.3, 0.4) is 0 Å². The van der Waals surface area contributed by atoms with E-state index in [1.165, 1.54) is 25.3 Å². The maximum Gasteiger partial charge on any atom is 0.321 e. The molecular formula is C10H13NO5S. The van der Waals surface area contributed by atoms with Gasteiger partial charge < -0.3 is 15.2 Å². The standard InChI is InChI=1S/C10H13NO5S/c1-15-9-5-7(3-4-8(9)11)17(13,14)6-10(12)16-2/h3-5H,6,11H2,1-2H3. The van der Waals surface area contributed by atoms with Crippen LogP contribution in [0.1, 0.15) is 0 Å². The Morgan fingerprint density at radius 2 is 2.00 bits per heavy atom. The van der Waals surface area contributed by atoms with E-state index in [4.69, 9.17) is 10.5 Å². The molecule has 1 aromatic rings. The van der Waals surface area contributed by atoms with Gasteiger partial charge in [-0.3, -0.25) is 4.79 Å². The van der Waals surface area contributed by atoms with Crippen molar-refractivity contribution in [1.82, 2.24) is 0 Å². The molecule has 17 heavy (non-hydrogen) atoms. The van der Waals surface area contributed by atoms with Gasteiger partial charge in [0.05, 0.1) is 24.8 Å². The summed E-state index contributed by atoms with van der Waals surface area (Å²) in [6.45, 7) is 0. The number of sulfone groups is 1. The van der Waals surface area contributed by atoms with Crippen molar-refractivity contribution in [1.29, 1.82) is 0 Å². The van der Waals surface area contributed by atoms with Crippen molar-refractivity contribution in [2.75, 3.05) is 25.7 Å². The SMILES string of the molecule is COC(=O)CS(=O)(=O)c1ccc(N)c(OC)c1. The zero-order valence-corrected chi connectivity index (χ0v) is 10.3. The van der Waals surface area contributed by atoms with E-state index in [9.17, 15) is 13.2 Å². The number of benzene rings is 1. The summed E-state index contributed by atoms with van der Waals surface area (Å²) in [6, 6.07) is 3.99. The van der Waals surface area contributed by atoms with Gasteiger partial charge in [-0.1, -0.05) is 0 Å². The Labute approximate surface area is 99.2 Å². The number of nitrogens with two attached hydrogens (primary N) is 1. The average Bonchev–Trinajstić information content (AvgIpc) is 2.28. The first-order valence-corrected chi connectivity index (χ1v) is 6.29. The van der Waals surface area contributed by atoms with Gasteiger partial charge >= 0.3 is 5.97 Å². The van der Waals surface area contributed by atoms with Crippen LogP contribution in [0, 0.1) is 0 Å². The fourth-order valence-corrected chi connectivity index (χ4v) is 2.34. The van der Waals surface area contributed by atoms with Crippen molar-refractivity contribution in [3.05, 3.63) is 18.2 Å². The average molecular weight is 259 g/mol. The minimum atomic E-state index is -3.73. The van der Waals surface area contributed by atoms with E-state index in [-0.39, 0.29) is 10.6 Å². The normalized spacial score (nSPS) is 10.9. The van der Waals surface area contributed by atoms with Crippen molar-refractivity contribution in [2.45, 2.75) is 4.90 Å². The topological polar surface area (TPSA) is 95.7 Å². The van der Waals surface area contributed by atoms with Gasteiger partial charge in [0.1, 0.15) is 5.75 Å². The van der Waals surface area contributed by atoms with Crippen LogP contribution in [-0.2, 0) is 19.4 Å². The highest BCUT2D eigenvalue weighted by molar-refractivity contribution is 7.92. The zero-order valence-electron chi connectivity index (χ0n) is 9.47. The van der Waals surface area contributed by atoms with Crippen molar-refractivity contribution in [3.8, 4) is 5.75 Å². The predicted molar refractivity (Wildman–Crippen MR) is 61.5 cm³/mol. The first-order chi connectivity index (χ1) is 7.90. The number of hydrogen-bond acceptors (Lipinski definition) is 6. The molecule has 0 aliphatic carbocycles. The Balaban J connectivity index is 3.11. The van der Waals surface area contributed by atoms with E-state index < -0.39 is 21.6 Å². The second-order valence-electron chi connectivity index (χ2n) is 3.24. The summed E-state index contributed by atoms with van der Waals surface area (Å²) in [6.07, 6.45) is 0. The molecule has 0 spiro atoms. The van der Waals surface area contributed by atoms with Gasteiger partial charge in [-0.2, -0.15) is 0 Å². The van der Waals surface area contributed by atoms with Crippen LogP contribution in [0.15, 0.2) is 23.1 Å². The molecule has 0 aliphatic heterocycles. The molecule has 6 nitrogen and oxygen atoms in total. The van der Waals surface area contributed by atoms with E-state index in [0.717, 1.165) is 7.11 Å². The van der Waals surface area contributed by atoms with Crippen LogP contribution in [0.2, 0.25) is 0 Å². The van der Waals surface area contributed by atoms with Gasteiger partial charge in [-0.15, -0.1) is 0 Å². The molecule has 0 bridgehead atoms. The molecule has 0 saturated carbocycles. The van der Waals surface area contributed by atoms with Crippen molar-refractivity contribution < 1.29 is 22.7 Å². The third-order valence-corrected chi connectivity index (χ3v) is 3.69. The molecule has 0 fully saturated rings. The quantitative estimate of drug-likeness (QED) is 0.614. The van der Waals surface area contributed by atoms with Gasteiger partial charge in [0, 0.05) is 6.07 Å². The molecule has 7 heteroatoms. The number of ether oxygens (including phenoxy) is 2. The lowest BCUT2D eigenvalue weighted by Crippen LogP contribution is -2.17. The monoisotopic (exact) mass is 259 g/mol. The van der Waals surface area contributed by atoms with Crippen LogP contribution >= 0.6 is 0 Å². The van der Waals surface area contributed by atoms with Crippen LogP contribution in [0.5, 0.6) is 5.75 Å². The predicted octanol–water partition coefficient (Wildman–Crippen LogP) is 0.224. The largest absolute Gasteiger partial charge is 0.495 e. The molecule has 1 rings (SSSR count). The van der Waals surface area contributed by atoms with E-state index in [0.29, 0.717) is 5.69 Å². The lowest BCUT2D eigenvalue weighted by atomic mass is 10.3. The molecule has 0 amide bonds. The fraction of sp³-hybridized carbons (Fsp3) is 0.300. The van der Waals surface area contributed by atoms with Gasteiger partial charge in [0.2, 0.25) is 0 Å². The van der Waals surface area contributed by atoms with E-state index in [1.54, 1.807) is 0 Å². The summed E-state index contributed by atoms with van der Waals surface area (Å²) in [4.78, 5) is 10.9. The Bertz CT molecular complexity index is 523. The minimum Gasteiger partial charge on any atom is -0.495 e. The molecule has 2 N–H and O–H groups in total. The lowest BCUT2D eigenvalue weighted by Gasteiger charge is -2.07. The summed E-state index contributed by atoms with van der Waals surface area (Å²) in [5, 5.41) is 0. The lowest BCUT2D eigenvalue weighted by molar-refractivity contribution is -0.137. The Morgan fingerprint density at radius 1 is 1.35 bits per heavy atom. The second kappa shape index (κ2) is 5.05. The highest BCUT2D eigenvalue weighted by Gasteiger charge is 2.20. The second-order valence-corrected chi connectivity index (χ2v) is 5.23. The number of carbonyl (C=O) groups is 1. The zero-order chi connectivity index (χ0) is 13.1. The third kappa shape index (κ3) is 3.10.